The van der Waals surface area contributed by atoms with Gasteiger partial charge in [0.05, 0.1) is 19.4 Å². The van der Waals surface area contributed by atoms with Crippen molar-refractivity contribution in [3.05, 3.63) is 52.5 Å². The van der Waals surface area contributed by atoms with E-state index in [9.17, 15) is 0 Å². The Hall–Kier alpha value is -1.74. The summed E-state index contributed by atoms with van der Waals surface area (Å²) < 4.78 is 11.0. The van der Waals surface area contributed by atoms with Crippen molar-refractivity contribution in [3.8, 4) is 5.75 Å². The fraction of sp³-hybridized carbons (Fsp3) is 0.375. The lowest BCUT2D eigenvalue weighted by Crippen LogP contribution is -2.15. The summed E-state index contributed by atoms with van der Waals surface area (Å²) in [6, 6.07) is 5.88. The molecule has 0 aliphatic rings. The number of furan rings is 1. The highest BCUT2D eigenvalue weighted by Crippen LogP contribution is 2.34. The molecule has 2 N–H and O–H groups in total. The first-order chi connectivity index (χ1) is 9.08. The average Bonchev–Trinajstić information content (AvgIpc) is 2.85. The van der Waals surface area contributed by atoms with E-state index in [0.717, 1.165) is 34.6 Å². The predicted octanol–water partition coefficient (Wildman–Crippen LogP) is 3.52. The molecule has 2 rings (SSSR count). The van der Waals surface area contributed by atoms with Gasteiger partial charge in [-0.1, -0.05) is 13.0 Å². The van der Waals surface area contributed by atoms with Gasteiger partial charge in [-0.3, -0.25) is 0 Å². The Kier molecular flexibility index (Phi) is 3.96. The number of hydrogen-bond donors (Lipinski definition) is 1. The highest BCUT2D eigenvalue weighted by Gasteiger charge is 2.20. The molecule has 0 saturated heterocycles. The summed E-state index contributed by atoms with van der Waals surface area (Å²) in [6.07, 6.45) is 2.54. The zero-order valence-electron chi connectivity index (χ0n) is 12.0. The van der Waals surface area contributed by atoms with Gasteiger partial charge in [-0.2, -0.15) is 0 Å². The number of benzene rings is 1. The van der Waals surface area contributed by atoms with Crippen molar-refractivity contribution < 1.29 is 9.15 Å². The van der Waals surface area contributed by atoms with E-state index in [4.69, 9.17) is 14.9 Å². The third kappa shape index (κ3) is 2.51. The van der Waals surface area contributed by atoms with Crippen LogP contribution in [-0.4, -0.2) is 7.11 Å². The quantitative estimate of drug-likeness (QED) is 0.914. The molecule has 1 unspecified atom stereocenters. The van der Waals surface area contributed by atoms with E-state index in [2.05, 4.69) is 26.8 Å². The largest absolute Gasteiger partial charge is 0.496 e. The predicted molar refractivity (Wildman–Crippen MR) is 76.6 cm³/mol. The molecule has 0 saturated carbocycles. The van der Waals surface area contributed by atoms with Gasteiger partial charge in [-0.15, -0.1) is 0 Å². The van der Waals surface area contributed by atoms with E-state index in [-0.39, 0.29) is 6.04 Å². The molecule has 1 aromatic carbocycles. The molecule has 1 heterocycles. The van der Waals surface area contributed by atoms with Crippen LogP contribution in [0.4, 0.5) is 0 Å². The van der Waals surface area contributed by atoms with Crippen molar-refractivity contribution in [2.24, 2.45) is 5.73 Å². The van der Waals surface area contributed by atoms with Crippen molar-refractivity contribution in [2.75, 3.05) is 7.11 Å². The molecule has 1 atom stereocenters. The van der Waals surface area contributed by atoms with E-state index >= 15 is 0 Å². The van der Waals surface area contributed by atoms with Gasteiger partial charge in [0.1, 0.15) is 11.5 Å². The van der Waals surface area contributed by atoms with Crippen LogP contribution >= 0.6 is 0 Å². The van der Waals surface area contributed by atoms with Gasteiger partial charge < -0.3 is 14.9 Å². The monoisotopic (exact) mass is 259 g/mol. The summed E-state index contributed by atoms with van der Waals surface area (Å²) in [5.41, 5.74) is 10.8. The molecule has 1 aromatic heterocycles. The zero-order valence-corrected chi connectivity index (χ0v) is 12.0. The number of ether oxygens (including phenoxy) is 1. The van der Waals surface area contributed by atoms with Crippen molar-refractivity contribution in [1.82, 2.24) is 0 Å². The second kappa shape index (κ2) is 5.49. The Morgan fingerprint density at radius 1 is 1.32 bits per heavy atom. The Bertz CT molecular complexity index is 572. The van der Waals surface area contributed by atoms with Gasteiger partial charge in [0.25, 0.3) is 0 Å². The van der Waals surface area contributed by atoms with Gasteiger partial charge in [-0.25, -0.2) is 0 Å². The van der Waals surface area contributed by atoms with Crippen molar-refractivity contribution >= 4 is 0 Å². The molecule has 102 valence electrons. The first-order valence-corrected chi connectivity index (χ1v) is 6.55. The summed E-state index contributed by atoms with van der Waals surface area (Å²) in [5, 5.41) is 0. The molecule has 2 aromatic rings. The number of nitrogens with two attached hydrogens (primary N) is 1. The minimum absolute atomic E-state index is 0.218. The van der Waals surface area contributed by atoms with Crippen LogP contribution in [0.5, 0.6) is 5.75 Å². The molecule has 0 fully saturated rings. The summed E-state index contributed by atoms with van der Waals surface area (Å²) >= 11 is 0. The molecule has 19 heavy (non-hydrogen) atoms. The third-order valence-corrected chi connectivity index (χ3v) is 3.46. The maximum absolute atomic E-state index is 6.42. The van der Waals surface area contributed by atoms with Gasteiger partial charge >= 0.3 is 0 Å². The van der Waals surface area contributed by atoms with Crippen LogP contribution in [0.25, 0.3) is 0 Å². The number of methoxy groups -OCH3 is 1. The van der Waals surface area contributed by atoms with E-state index in [1.807, 2.05) is 12.1 Å². The topological polar surface area (TPSA) is 48.4 Å². The van der Waals surface area contributed by atoms with E-state index in [1.165, 1.54) is 5.56 Å². The van der Waals surface area contributed by atoms with Crippen LogP contribution in [0.15, 0.2) is 28.9 Å². The molecular weight excluding hydrogens is 238 g/mol. The molecule has 0 spiro atoms. The first kappa shape index (κ1) is 13.7. The molecule has 0 radical (unpaired) electrons. The Morgan fingerprint density at radius 3 is 2.68 bits per heavy atom. The van der Waals surface area contributed by atoms with Gasteiger partial charge in [0.2, 0.25) is 0 Å². The lowest BCUT2D eigenvalue weighted by molar-refractivity contribution is 0.406. The zero-order chi connectivity index (χ0) is 14.0. The Morgan fingerprint density at radius 2 is 2.05 bits per heavy atom. The summed E-state index contributed by atoms with van der Waals surface area (Å²) in [5.74, 6) is 1.78. The maximum atomic E-state index is 6.42. The third-order valence-electron chi connectivity index (χ3n) is 3.46. The summed E-state index contributed by atoms with van der Waals surface area (Å²) in [4.78, 5) is 0. The minimum Gasteiger partial charge on any atom is -0.496 e. The molecule has 0 aliphatic heterocycles. The van der Waals surface area contributed by atoms with Crippen LogP contribution in [0.3, 0.4) is 0 Å². The summed E-state index contributed by atoms with van der Waals surface area (Å²) in [6.45, 7) is 6.19. The highest BCUT2D eigenvalue weighted by molar-refractivity contribution is 5.48. The van der Waals surface area contributed by atoms with Gasteiger partial charge in [-0.05, 0) is 37.1 Å². The standard InChI is InChI=1S/C16H21NO2/c1-5-13-12(6-7-19-13)16(17)15-11(3)8-10(2)9-14(15)18-4/h6-9,16H,5,17H2,1-4H3. The average molecular weight is 259 g/mol. The second-order valence-electron chi connectivity index (χ2n) is 4.83. The number of rotatable bonds is 4. The van der Waals surface area contributed by atoms with Crippen LogP contribution in [0.1, 0.15) is 41.0 Å². The smallest absolute Gasteiger partial charge is 0.124 e. The van der Waals surface area contributed by atoms with Crippen LogP contribution in [0, 0.1) is 13.8 Å². The lowest BCUT2D eigenvalue weighted by Gasteiger charge is -2.19. The Balaban J connectivity index is 2.52. The molecule has 0 aliphatic carbocycles. The highest BCUT2D eigenvalue weighted by atomic mass is 16.5. The first-order valence-electron chi connectivity index (χ1n) is 6.55. The molecular formula is C16H21NO2. The normalized spacial score (nSPS) is 12.5. The van der Waals surface area contributed by atoms with E-state index in [1.54, 1.807) is 13.4 Å². The minimum atomic E-state index is -0.218. The SMILES string of the molecule is CCc1occc1C(N)c1c(C)cc(C)cc1OC. The van der Waals surface area contributed by atoms with Gasteiger partial charge in [0.15, 0.2) is 0 Å². The fourth-order valence-electron chi connectivity index (χ4n) is 2.58. The molecule has 0 bridgehead atoms. The van der Waals surface area contributed by atoms with Crippen molar-refractivity contribution in [2.45, 2.75) is 33.2 Å². The van der Waals surface area contributed by atoms with E-state index in [0.29, 0.717) is 0 Å². The Labute approximate surface area is 114 Å². The fourth-order valence-corrected chi connectivity index (χ4v) is 2.58. The van der Waals surface area contributed by atoms with Crippen LogP contribution in [-0.2, 0) is 6.42 Å². The van der Waals surface area contributed by atoms with Crippen molar-refractivity contribution in [3.63, 3.8) is 0 Å². The van der Waals surface area contributed by atoms with Crippen molar-refractivity contribution in [1.29, 1.82) is 0 Å². The molecule has 0 amide bonds. The van der Waals surface area contributed by atoms with Crippen LogP contribution < -0.4 is 10.5 Å². The second-order valence-corrected chi connectivity index (χ2v) is 4.83. The van der Waals surface area contributed by atoms with E-state index < -0.39 is 0 Å². The summed E-state index contributed by atoms with van der Waals surface area (Å²) in [7, 11) is 1.68. The number of hydrogen-bond acceptors (Lipinski definition) is 3. The maximum Gasteiger partial charge on any atom is 0.124 e. The molecule has 3 heteroatoms. The molecule has 3 nitrogen and oxygen atoms in total. The van der Waals surface area contributed by atoms with Gasteiger partial charge in [0, 0.05) is 17.5 Å². The number of aryl methyl sites for hydroxylation is 3. The van der Waals surface area contributed by atoms with Crippen LogP contribution in [0.2, 0.25) is 0 Å². The lowest BCUT2D eigenvalue weighted by atomic mass is 9.93.